The minimum atomic E-state index is -0.234. The van der Waals surface area contributed by atoms with E-state index >= 15 is 0 Å². The Hall–Kier alpha value is -1.88. The molecule has 1 atom stereocenters. The van der Waals surface area contributed by atoms with Crippen molar-refractivity contribution in [1.82, 2.24) is 10.3 Å². The quantitative estimate of drug-likeness (QED) is 0.914. The van der Waals surface area contributed by atoms with E-state index in [2.05, 4.69) is 26.2 Å². The zero-order valence-corrected chi connectivity index (χ0v) is 12.0. The number of hydrogen-bond donors (Lipinski definition) is 2. The highest BCUT2D eigenvalue weighted by Crippen LogP contribution is 2.17. The maximum atomic E-state index is 12.1. The highest BCUT2D eigenvalue weighted by Gasteiger charge is 2.14. The van der Waals surface area contributed by atoms with Crippen LogP contribution in [0.5, 0.6) is 0 Å². The second kappa shape index (κ2) is 5.84. The number of rotatable bonds is 3. The molecule has 2 rings (SSSR count). The topological polar surface area (TPSA) is 68.0 Å². The van der Waals surface area contributed by atoms with Gasteiger partial charge < -0.3 is 11.1 Å². The number of anilines is 1. The summed E-state index contributed by atoms with van der Waals surface area (Å²) in [6.45, 7) is 1.93. The molecule has 98 valence electrons. The van der Waals surface area contributed by atoms with E-state index in [4.69, 9.17) is 5.73 Å². The molecule has 3 N–H and O–H groups in total. The monoisotopic (exact) mass is 319 g/mol. The van der Waals surface area contributed by atoms with E-state index in [1.165, 1.54) is 0 Å². The first-order valence-electron chi connectivity index (χ1n) is 5.84. The van der Waals surface area contributed by atoms with Crippen LogP contribution in [0.4, 0.5) is 5.82 Å². The lowest BCUT2D eigenvalue weighted by atomic mass is 10.1. The summed E-state index contributed by atoms with van der Waals surface area (Å²) in [6.07, 6.45) is 1.56. The molecule has 5 heteroatoms. The van der Waals surface area contributed by atoms with Crippen molar-refractivity contribution in [2.45, 2.75) is 13.0 Å². The molecule has 1 aromatic carbocycles. The zero-order chi connectivity index (χ0) is 13.8. The van der Waals surface area contributed by atoms with Gasteiger partial charge in [-0.25, -0.2) is 4.98 Å². The smallest absolute Gasteiger partial charge is 0.255 e. The van der Waals surface area contributed by atoms with Gasteiger partial charge in [0.1, 0.15) is 5.82 Å². The van der Waals surface area contributed by atoms with Gasteiger partial charge in [-0.2, -0.15) is 0 Å². The summed E-state index contributed by atoms with van der Waals surface area (Å²) in [7, 11) is 0. The fraction of sp³-hybridized carbons (Fsp3) is 0.143. The molecule has 1 unspecified atom stereocenters. The van der Waals surface area contributed by atoms with Crippen molar-refractivity contribution in [3.8, 4) is 0 Å². The van der Waals surface area contributed by atoms with Gasteiger partial charge >= 0.3 is 0 Å². The predicted octanol–water partition coefficient (Wildman–Crippen LogP) is 2.92. The first-order chi connectivity index (χ1) is 9.08. The van der Waals surface area contributed by atoms with Gasteiger partial charge in [-0.15, -0.1) is 0 Å². The second-order valence-corrected chi connectivity index (χ2v) is 5.11. The lowest BCUT2D eigenvalue weighted by Crippen LogP contribution is -2.27. The molecule has 1 aromatic heterocycles. The fourth-order valence-corrected chi connectivity index (χ4v) is 2.06. The number of carbonyl (C=O) groups excluding carboxylic acids is 1. The maximum Gasteiger partial charge on any atom is 0.255 e. The Morgan fingerprint density at radius 2 is 2.05 bits per heavy atom. The summed E-state index contributed by atoms with van der Waals surface area (Å²) >= 11 is 3.28. The maximum absolute atomic E-state index is 12.1. The zero-order valence-electron chi connectivity index (χ0n) is 10.4. The molecule has 0 bridgehead atoms. The molecular formula is C14H14BrN3O. The van der Waals surface area contributed by atoms with Crippen molar-refractivity contribution in [3.63, 3.8) is 0 Å². The molecule has 0 aliphatic carbocycles. The van der Waals surface area contributed by atoms with E-state index in [9.17, 15) is 4.79 Å². The minimum absolute atomic E-state index is 0.0907. The summed E-state index contributed by atoms with van der Waals surface area (Å²) in [4.78, 5) is 16.1. The standard InChI is InChI=1S/C14H14BrN3O/c1-9(10-5-3-2-4-6-10)18-14(19)12-7-11(15)8-17-13(12)16/h2-9H,1H3,(H2,16,17)(H,18,19). The van der Waals surface area contributed by atoms with Crippen LogP contribution in [-0.2, 0) is 0 Å². The Kier molecular flexibility index (Phi) is 4.16. The highest BCUT2D eigenvalue weighted by molar-refractivity contribution is 9.10. The molecule has 4 nitrogen and oxygen atoms in total. The average molecular weight is 320 g/mol. The van der Waals surface area contributed by atoms with Crippen molar-refractivity contribution in [2.75, 3.05) is 5.73 Å². The van der Waals surface area contributed by atoms with Crippen LogP contribution in [0.15, 0.2) is 47.1 Å². The molecule has 1 amide bonds. The molecule has 0 spiro atoms. The Labute approximate surface area is 120 Å². The van der Waals surface area contributed by atoms with E-state index in [1.54, 1.807) is 12.3 Å². The van der Waals surface area contributed by atoms with Gasteiger partial charge in [0.2, 0.25) is 0 Å². The number of aromatic nitrogens is 1. The second-order valence-electron chi connectivity index (χ2n) is 4.19. The molecule has 0 saturated carbocycles. The third-order valence-electron chi connectivity index (χ3n) is 2.78. The molecule has 0 saturated heterocycles. The number of amides is 1. The van der Waals surface area contributed by atoms with Crippen molar-refractivity contribution in [1.29, 1.82) is 0 Å². The normalized spacial score (nSPS) is 11.9. The number of halogens is 1. The predicted molar refractivity (Wildman–Crippen MR) is 78.7 cm³/mol. The molecule has 0 aliphatic rings. The molecule has 0 radical (unpaired) electrons. The Bertz CT molecular complexity index is 586. The molecule has 2 aromatic rings. The van der Waals surface area contributed by atoms with Crippen LogP contribution in [0, 0.1) is 0 Å². The number of hydrogen-bond acceptors (Lipinski definition) is 3. The summed E-state index contributed by atoms with van der Waals surface area (Å²) in [6, 6.07) is 11.3. The van der Waals surface area contributed by atoms with Gasteiger partial charge in [0.15, 0.2) is 0 Å². The van der Waals surface area contributed by atoms with Crippen molar-refractivity contribution < 1.29 is 4.79 Å². The first kappa shape index (κ1) is 13.5. The number of nitrogens with zero attached hydrogens (tertiary/aromatic N) is 1. The number of carbonyl (C=O) groups is 1. The van der Waals surface area contributed by atoms with Crippen LogP contribution in [0.1, 0.15) is 28.9 Å². The van der Waals surface area contributed by atoms with Gasteiger partial charge in [-0.3, -0.25) is 4.79 Å². The highest BCUT2D eigenvalue weighted by atomic mass is 79.9. The Morgan fingerprint density at radius 1 is 1.37 bits per heavy atom. The molecular weight excluding hydrogens is 306 g/mol. The van der Waals surface area contributed by atoms with E-state index in [1.807, 2.05) is 37.3 Å². The molecule has 0 fully saturated rings. The Balaban J connectivity index is 2.15. The van der Waals surface area contributed by atoms with Gasteiger partial charge in [-0.1, -0.05) is 30.3 Å². The summed E-state index contributed by atoms with van der Waals surface area (Å²) < 4.78 is 0.721. The van der Waals surface area contributed by atoms with Crippen LogP contribution >= 0.6 is 15.9 Å². The molecule has 0 aliphatic heterocycles. The minimum Gasteiger partial charge on any atom is -0.383 e. The summed E-state index contributed by atoms with van der Waals surface area (Å²) in [5.41, 5.74) is 7.12. The number of nitrogens with two attached hydrogens (primary N) is 1. The van der Waals surface area contributed by atoms with Crippen LogP contribution in [-0.4, -0.2) is 10.9 Å². The van der Waals surface area contributed by atoms with Crippen LogP contribution in [0.25, 0.3) is 0 Å². The SMILES string of the molecule is CC(NC(=O)c1cc(Br)cnc1N)c1ccccc1. The third-order valence-corrected chi connectivity index (χ3v) is 3.21. The van der Waals surface area contributed by atoms with Gasteiger partial charge in [0.05, 0.1) is 11.6 Å². The number of nitrogens with one attached hydrogen (secondary N) is 1. The van der Waals surface area contributed by atoms with Gasteiger partial charge in [0.25, 0.3) is 5.91 Å². The average Bonchev–Trinajstić information content (AvgIpc) is 2.42. The van der Waals surface area contributed by atoms with Crippen molar-refractivity contribution in [2.24, 2.45) is 0 Å². The van der Waals surface area contributed by atoms with Crippen molar-refractivity contribution >= 4 is 27.7 Å². The van der Waals surface area contributed by atoms with Gasteiger partial charge in [0, 0.05) is 10.7 Å². The van der Waals surface area contributed by atoms with E-state index in [0.29, 0.717) is 5.56 Å². The van der Waals surface area contributed by atoms with Gasteiger partial charge in [-0.05, 0) is 34.5 Å². The number of pyridine rings is 1. The third kappa shape index (κ3) is 3.32. The van der Waals surface area contributed by atoms with Crippen molar-refractivity contribution in [3.05, 3.63) is 58.2 Å². The van der Waals surface area contributed by atoms with Crippen LogP contribution in [0.3, 0.4) is 0 Å². The largest absolute Gasteiger partial charge is 0.383 e. The van der Waals surface area contributed by atoms with E-state index < -0.39 is 0 Å². The van der Waals surface area contributed by atoms with E-state index in [0.717, 1.165) is 10.0 Å². The lowest BCUT2D eigenvalue weighted by molar-refractivity contribution is 0.0940. The Morgan fingerprint density at radius 3 is 2.74 bits per heavy atom. The van der Waals surface area contributed by atoms with Crippen LogP contribution in [0.2, 0.25) is 0 Å². The molecule has 19 heavy (non-hydrogen) atoms. The fourth-order valence-electron chi connectivity index (χ4n) is 1.73. The number of benzene rings is 1. The van der Waals surface area contributed by atoms with E-state index in [-0.39, 0.29) is 17.8 Å². The summed E-state index contributed by atoms with van der Waals surface area (Å²) in [5.74, 6) is -0.0105. The van der Waals surface area contributed by atoms with Crippen LogP contribution < -0.4 is 11.1 Å². The summed E-state index contributed by atoms with van der Waals surface area (Å²) in [5, 5.41) is 2.90. The first-order valence-corrected chi connectivity index (χ1v) is 6.64. The number of nitrogen functional groups attached to an aromatic ring is 1. The molecule has 1 heterocycles. The lowest BCUT2D eigenvalue weighted by Gasteiger charge is -2.15.